The molecule has 0 aliphatic heterocycles. The van der Waals surface area contributed by atoms with Gasteiger partial charge in [-0.05, 0) is 47.2 Å². The summed E-state index contributed by atoms with van der Waals surface area (Å²) in [5.74, 6) is 1.70. The van der Waals surface area contributed by atoms with Gasteiger partial charge in [0.25, 0.3) is 0 Å². The lowest BCUT2D eigenvalue weighted by Gasteiger charge is -2.11. The standard InChI is InChI=1S/C19H21N5O4S/c1-12-5-7-15(26-2)14(9-12)20-18(25)11-29-19-21-22-23-24(19)13-6-8-16(27-3)17(10-13)28-4/h5-10H,11H2,1-4H3,(H,20,25). The fraction of sp³-hybridized carbons (Fsp3) is 0.263. The van der Waals surface area contributed by atoms with Gasteiger partial charge in [0.2, 0.25) is 11.1 Å². The molecule has 1 N–H and O–H groups in total. The average molecular weight is 415 g/mol. The van der Waals surface area contributed by atoms with Gasteiger partial charge in [0.05, 0.1) is 38.5 Å². The van der Waals surface area contributed by atoms with Gasteiger partial charge in [0, 0.05) is 6.07 Å². The molecule has 1 heterocycles. The Morgan fingerprint density at radius 2 is 1.76 bits per heavy atom. The summed E-state index contributed by atoms with van der Waals surface area (Å²) in [7, 11) is 4.69. The van der Waals surface area contributed by atoms with Crippen LogP contribution in [0.4, 0.5) is 5.69 Å². The number of amides is 1. The Kier molecular flexibility index (Phi) is 6.55. The van der Waals surface area contributed by atoms with Gasteiger partial charge in [-0.3, -0.25) is 4.79 Å². The Labute approximate surface area is 172 Å². The normalized spacial score (nSPS) is 10.5. The fourth-order valence-corrected chi connectivity index (χ4v) is 3.31. The first-order valence-corrected chi connectivity index (χ1v) is 9.62. The smallest absolute Gasteiger partial charge is 0.234 e. The Morgan fingerprint density at radius 1 is 1.03 bits per heavy atom. The molecule has 1 amide bonds. The van der Waals surface area contributed by atoms with Gasteiger partial charge < -0.3 is 19.5 Å². The molecule has 3 aromatic rings. The van der Waals surface area contributed by atoms with Gasteiger partial charge in [0.15, 0.2) is 11.5 Å². The van der Waals surface area contributed by atoms with Gasteiger partial charge in [-0.2, -0.15) is 4.68 Å². The minimum Gasteiger partial charge on any atom is -0.495 e. The minimum absolute atomic E-state index is 0.130. The van der Waals surface area contributed by atoms with Crippen LogP contribution in [0.3, 0.4) is 0 Å². The van der Waals surface area contributed by atoms with E-state index in [1.54, 1.807) is 39.5 Å². The van der Waals surface area contributed by atoms with E-state index in [1.165, 1.54) is 16.4 Å². The van der Waals surface area contributed by atoms with E-state index < -0.39 is 0 Å². The van der Waals surface area contributed by atoms with Crippen molar-refractivity contribution < 1.29 is 19.0 Å². The highest BCUT2D eigenvalue weighted by molar-refractivity contribution is 7.99. The molecule has 0 spiro atoms. The molecule has 3 rings (SSSR count). The molecular weight excluding hydrogens is 394 g/mol. The molecule has 152 valence electrons. The summed E-state index contributed by atoms with van der Waals surface area (Å²) in [6.07, 6.45) is 0. The van der Waals surface area contributed by atoms with Crippen LogP contribution in [0.25, 0.3) is 5.69 Å². The summed E-state index contributed by atoms with van der Waals surface area (Å²) in [5, 5.41) is 15.1. The van der Waals surface area contributed by atoms with Crippen LogP contribution in [-0.4, -0.2) is 53.2 Å². The van der Waals surface area contributed by atoms with Crippen LogP contribution in [0.15, 0.2) is 41.6 Å². The van der Waals surface area contributed by atoms with Gasteiger partial charge in [-0.15, -0.1) is 5.10 Å². The average Bonchev–Trinajstić information content (AvgIpc) is 3.20. The zero-order valence-corrected chi connectivity index (χ0v) is 17.3. The highest BCUT2D eigenvalue weighted by Gasteiger charge is 2.15. The number of hydrogen-bond acceptors (Lipinski definition) is 8. The van der Waals surface area contributed by atoms with Gasteiger partial charge in [0.1, 0.15) is 5.75 Å². The predicted octanol–water partition coefficient (Wildman–Crippen LogP) is 2.73. The van der Waals surface area contributed by atoms with Crippen molar-refractivity contribution in [2.24, 2.45) is 0 Å². The van der Waals surface area contributed by atoms with Gasteiger partial charge in [-0.1, -0.05) is 17.8 Å². The molecule has 2 aromatic carbocycles. The number of rotatable bonds is 8. The zero-order valence-electron chi connectivity index (χ0n) is 16.5. The third-order valence-corrected chi connectivity index (χ3v) is 4.93. The van der Waals surface area contributed by atoms with Crippen LogP contribution >= 0.6 is 11.8 Å². The molecule has 0 saturated heterocycles. The van der Waals surface area contributed by atoms with Crippen molar-refractivity contribution in [3.05, 3.63) is 42.0 Å². The molecule has 29 heavy (non-hydrogen) atoms. The quantitative estimate of drug-likeness (QED) is 0.561. The molecule has 1 aromatic heterocycles. The highest BCUT2D eigenvalue weighted by atomic mass is 32.2. The summed E-state index contributed by atoms with van der Waals surface area (Å²) >= 11 is 1.22. The second-order valence-corrected chi connectivity index (χ2v) is 6.90. The molecule has 0 radical (unpaired) electrons. The second kappa shape index (κ2) is 9.28. The van der Waals surface area contributed by atoms with Crippen LogP contribution in [0, 0.1) is 6.92 Å². The maximum absolute atomic E-state index is 12.4. The van der Waals surface area contributed by atoms with Crippen molar-refractivity contribution >= 4 is 23.4 Å². The molecule has 9 nitrogen and oxygen atoms in total. The minimum atomic E-state index is -0.194. The predicted molar refractivity (Wildman–Crippen MR) is 109 cm³/mol. The van der Waals surface area contributed by atoms with E-state index in [4.69, 9.17) is 14.2 Å². The number of nitrogens with zero attached hydrogens (tertiary/aromatic N) is 4. The van der Waals surface area contributed by atoms with E-state index in [9.17, 15) is 4.79 Å². The van der Waals surface area contributed by atoms with E-state index in [-0.39, 0.29) is 11.7 Å². The number of carbonyl (C=O) groups is 1. The number of hydrogen-bond donors (Lipinski definition) is 1. The summed E-state index contributed by atoms with van der Waals surface area (Å²) in [4.78, 5) is 12.4. The number of ether oxygens (including phenoxy) is 3. The molecule has 0 aliphatic rings. The first-order chi connectivity index (χ1) is 14.0. The fourth-order valence-electron chi connectivity index (χ4n) is 2.62. The van der Waals surface area contributed by atoms with Crippen molar-refractivity contribution in [1.82, 2.24) is 20.2 Å². The largest absolute Gasteiger partial charge is 0.495 e. The maximum atomic E-state index is 12.4. The first kappa shape index (κ1) is 20.5. The van der Waals surface area contributed by atoms with E-state index in [0.717, 1.165) is 5.56 Å². The van der Waals surface area contributed by atoms with Crippen LogP contribution < -0.4 is 19.5 Å². The summed E-state index contributed by atoms with van der Waals surface area (Å²) < 4.78 is 17.4. The van der Waals surface area contributed by atoms with E-state index in [2.05, 4.69) is 20.8 Å². The van der Waals surface area contributed by atoms with Crippen molar-refractivity contribution in [3.63, 3.8) is 0 Å². The van der Waals surface area contributed by atoms with Crippen molar-refractivity contribution in [2.45, 2.75) is 12.1 Å². The van der Waals surface area contributed by atoms with Gasteiger partial charge in [-0.25, -0.2) is 0 Å². The van der Waals surface area contributed by atoms with Crippen LogP contribution in [0.5, 0.6) is 17.2 Å². The van der Waals surface area contributed by atoms with Crippen molar-refractivity contribution in [2.75, 3.05) is 32.4 Å². The highest BCUT2D eigenvalue weighted by Crippen LogP contribution is 2.30. The van der Waals surface area contributed by atoms with E-state index in [0.29, 0.717) is 33.8 Å². The number of thioether (sulfide) groups is 1. The summed E-state index contributed by atoms with van der Waals surface area (Å²) in [5.41, 5.74) is 2.33. The summed E-state index contributed by atoms with van der Waals surface area (Å²) in [6, 6.07) is 10.9. The zero-order chi connectivity index (χ0) is 20.8. The third-order valence-electron chi connectivity index (χ3n) is 4.01. The van der Waals surface area contributed by atoms with Crippen molar-refractivity contribution in [3.8, 4) is 22.9 Å². The summed E-state index contributed by atoms with van der Waals surface area (Å²) in [6.45, 7) is 1.95. The number of anilines is 1. The molecule has 0 atom stereocenters. The maximum Gasteiger partial charge on any atom is 0.234 e. The van der Waals surface area contributed by atoms with E-state index >= 15 is 0 Å². The number of carbonyl (C=O) groups excluding carboxylic acids is 1. The third kappa shape index (κ3) is 4.77. The molecule has 0 unspecified atom stereocenters. The SMILES string of the molecule is COc1ccc(C)cc1NC(=O)CSc1nnnn1-c1ccc(OC)c(OC)c1. The van der Waals surface area contributed by atoms with Crippen LogP contribution in [0.1, 0.15) is 5.56 Å². The number of aryl methyl sites for hydroxylation is 1. The molecule has 0 fully saturated rings. The Morgan fingerprint density at radius 3 is 2.48 bits per heavy atom. The topological polar surface area (TPSA) is 100 Å². The lowest BCUT2D eigenvalue weighted by atomic mass is 10.2. The molecular formula is C19H21N5O4S. The lowest BCUT2D eigenvalue weighted by Crippen LogP contribution is -2.15. The Bertz CT molecular complexity index is 1010. The Hall–Kier alpha value is -3.27. The van der Waals surface area contributed by atoms with Crippen molar-refractivity contribution in [1.29, 1.82) is 0 Å². The second-order valence-electron chi connectivity index (χ2n) is 5.95. The van der Waals surface area contributed by atoms with Crippen LogP contribution in [-0.2, 0) is 4.79 Å². The monoisotopic (exact) mass is 415 g/mol. The number of tetrazole rings is 1. The molecule has 0 saturated carbocycles. The Balaban J connectivity index is 1.71. The number of nitrogens with one attached hydrogen (secondary N) is 1. The van der Waals surface area contributed by atoms with E-state index in [1.807, 2.05) is 25.1 Å². The van der Waals surface area contributed by atoms with Gasteiger partial charge >= 0.3 is 0 Å². The molecule has 10 heteroatoms. The van der Waals surface area contributed by atoms with Crippen LogP contribution in [0.2, 0.25) is 0 Å². The first-order valence-electron chi connectivity index (χ1n) is 8.63. The number of benzene rings is 2. The lowest BCUT2D eigenvalue weighted by molar-refractivity contribution is -0.113. The molecule has 0 bridgehead atoms. The number of methoxy groups -OCH3 is 3. The molecule has 0 aliphatic carbocycles. The number of aromatic nitrogens is 4.